The van der Waals surface area contributed by atoms with Crippen LogP contribution in [0.3, 0.4) is 0 Å². The van der Waals surface area contributed by atoms with Gasteiger partial charge in [-0.1, -0.05) is 0 Å². The van der Waals surface area contributed by atoms with E-state index in [2.05, 4.69) is 25.5 Å². The zero-order valence-corrected chi connectivity index (χ0v) is 16.7. The fourth-order valence-corrected chi connectivity index (χ4v) is 4.33. The second-order valence-corrected chi connectivity index (χ2v) is 7.61. The maximum Gasteiger partial charge on any atom is 0.302 e. The normalized spacial score (nSPS) is 18.0. The van der Waals surface area contributed by atoms with Crippen molar-refractivity contribution in [3.05, 3.63) is 59.1 Å². The molecule has 9 nitrogen and oxygen atoms in total. The molecule has 0 fully saturated rings. The van der Waals surface area contributed by atoms with Crippen LogP contribution in [0.5, 0.6) is 17.7 Å². The molecular formula is C22H19N5O4. The van der Waals surface area contributed by atoms with Crippen LogP contribution in [0.4, 0.5) is 5.82 Å². The minimum atomic E-state index is -0.324. The van der Waals surface area contributed by atoms with Crippen LogP contribution in [-0.4, -0.2) is 33.1 Å². The summed E-state index contributed by atoms with van der Waals surface area (Å²) in [6.45, 7) is 0. The smallest absolute Gasteiger partial charge is 0.302 e. The van der Waals surface area contributed by atoms with E-state index in [1.165, 1.54) is 0 Å². The van der Waals surface area contributed by atoms with Gasteiger partial charge in [0, 0.05) is 35.4 Å². The number of nitrogens with one attached hydrogen (secondary N) is 3. The number of nitrogens with zero attached hydrogens (tertiary/aromatic N) is 2. The number of hydrogen-bond donors (Lipinski definition) is 3. The Bertz CT molecular complexity index is 1340. The van der Waals surface area contributed by atoms with Crippen LogP contribution < -0.4 is 14.8 Å². The molecule has 1 aliphatic carbocycles. The highest BCUT2D eigenvalue weighted by atomic mass is 16.6. The van der Waals surface area contributed by atoms with Gasteiger partial charge in [-0.05, 0) is 31.0 Å². The summed E-state index contributed by atoms with van der Waals surface area (Å²) in [7, 11) is 1.61. The molecule has 1 aliphatic heterocycles. The summed E-state index contributed by atoms with van der Waals surface area (Å²) < 4.78 is 17.1. The number of carbonyl (C=O) groups excluding carboxylic acids is 1. The molecule has 6 rings (SSSR count). The van der Waals surface area contributed by atoms with E-state index < -0.39 is 0 Å². The van der Waals surface area contributed by atoms with Crippen LogP contribution in [-0.2, 0) is 4.79 Å². The molecule has 0 amide bonds. The van der Waals surface area contributed by atoms with Gasteiger partial charge in [0.2, 0.25) is 0 Å². The fourth-order valence-electron chi connectivity index (χ4n) is 4.33. The van der Waals surface area contributed by atoms with Gasteiger partial charge in [0.25, 0.3) is 5.95 Å². The molecule has 2 aliphatic rings. The summed E-state index contributed by atoms with van der Waals surface area (Å²) in [5.41, 5.74) is 4.11. The van der Waals surface area contributed by atoms with Crippen molar-refractivity contribution in [3.63, 3.8) is 0 Å². The van der Waals surface area contributed by atoms with Gasteiger partial charge in [-0.25, -0.2) is 0 Å². The minimum Gasteiger partial charge on any atom is -0.497 e. The third-order valence-electron chi connectivity index (χ3n) is 5.75. The molecule has 3 N–H and O–H groups in total. The topological polar surface area (TPSA) is 118 Å². The van der Waals surface area contributed by atoms with E-state index >= 15 is 0 Å². The third kappa shape index (κ3) is 2.89. The van der Waals surface area contributed by atoms with Crippen molar-refractivity contribution in [2.45, 2.75) is 25.2 Å². The quantitative estimate of drug-likeness (QED) is 0.454. The van der Waals surface area contributed by atoms with Crippen molar-refractivity contribution >= 4 is 22.6 Å². The summed E-state index contributed by atoms with van der Waals surface area (Å²) in [6.07, 6.45) is 3.93. The van der Waals surface area contributed by atoms with E-state index in [1.807, 2.05) is 24.3 Å². The molecule has 0 saturated heterocycles. The Kier molecular flexibility index (Phi) is 3.89. The molecule has 4 aromatic rings. The van der Waals surface area contributed by atoms with Crippen LogP contribution in [0.25, 0.3) is 11.0 Å². The molecule has 0 saturated carbocycles. The number of methoxy groups -OCH3 is 1. The zero-order valence-electron chi connectivity index (χ0n) is 16.7. The summed E-state index contributed by atoms with van der Waals surface area (Å²) in [5, 5.41) is 10.4. The fraction of sp³-hybridized carbons (Fsp3) is 0.227. The van der Waals surface area contributed by atoms with E-state index in [-0.39, 0.29) is 17.6 Å². The van der Waals surface area contributed by atoms with Gasteiger partial charge in [0.15, 0.2) is 5.78 Å². The Morgan fingerprint density at radius 1 is 1.19 bits per heavy atom. The van der Waals surface area contributed by atoms with Gasteiger partial charge in [0.1, 0.15) is 17.3 Å². The van der Waals surface area contributed by atoms with Crippen molar-refractivity contribution in [2.24, 2.45) is 0 Å². The van der Waals surface area contributed by atoms with Gasteiger partial charge >= 0.3 is 6.01 Å². The van der Waals surface area contributed by atoms with Crippen LogP contribution in [0.15, 0.2) is 52.2 Å². The highest BCUT2D eigenvalue weighted by molar-refractivity contribution is 6.00. The average Bonchev–Trinajstić information content (AvgIpc) is 3.51. The lowest BCUT2D eigenvalue weighted by molar-refractivity contribution is -0.116. The van der Waals surface area contributed by atoms with Crippen LogP contribution in [0.2, 0.25) is 0 Å². The van der Waals surface area contributed by atoms with E-state index in [0.717, 1.165) is 52.3 Å². The van der Waals surface area contributed by atoms with Crippen molar-refractivity contribution < 1.29 is 18.7 Å². The number of imidazole rings is 1. The molecule has 1 atom stereocenters. The first kappa shape index (κ1) is 17.8. The summed E-state index contributed by atoms with van der Waals surface area (Å²) in [4.78, 5) is 20.3. The van der Waals surface area contributed by atoms with Gasteiger partial charge in [0.05, 0.1) is 30.3 Å². The molecule has 9 heteroatoms. The molecule has 1 aromatic carbocycles. The Morgan fingerprint density at radius 2 is 2.13 bits per heavy atom. The minimum absolute atomic E-state index is 0.135. The number of rotatable bonds is 4. The number of ketones is 1. The highest BCUT2D eigenvalue weighted by Gasteiger charge is 2.37. The number of carbonyl (C=O) groups is 1. The number of anilines is 1. The summed E-state index contributed by atoms with van der Waals surface area (Å²) in [6, 6.07) is 9.42. The van der Waals surface area contributed by atoms with Crippen molar-refractivity contribution in [3.8, 4) is 17.7 Å². The van der Waals surface area contributed by atoms with Crippen LogP contribution >= 0.6 is 0 Å². The average molecular weight is 417 g/mol. The van der Waals surface area contributed by atoms with Crippen LogP contribution in [0.1, 0.15) is 36.5 Å². The number of hydrogen-bond acceptors (Lipinski definition) is 7. The summed E-state index contributed by atoms with van der Waals surface area (Å²) in [5.74, 6) is 2.25. The van der Waals surface area contributed by atoms with Crippen molar-refractivity contribution in [1.29, 1.82) is 0 Å². The molecule has 3 aromatic heterocycles. The highest BCUT2D eigenvalue weighted by Crippen LogP contribution is 2.45. The number of fused-ring (bicyclic) bond motifs is 2. The zero-order chi connectivity index (χ0) is 20.9. The largest absolute Gasteiger partial charge is 0.497 e. The van der Waals surface area contributed by atoms with E-state index in [1.54, 1.807) is 19.4 Å². The molecule has 0 radical (unpaired) electrons. The lowest BCUT2D eigenvalue weighted by Gasteiger charge is -2.30. The Morgan fingerprint density at radius 3 is 3.03 bits per heavy atom. The number of ether oxygens (including phenoxy) is 2. The second kappa shape index (κ2) is 6.76. The van der Waals surface area contributed by atoms with E-state index in [4.69, 9.17) is 13.9 Å². The lowest BCUT2D eigenvalue weighted by atomic mass is 9.79. The first-order chi connectivity index (χ1) is 15.2. The number of Topliss-reactive ketones (excluding diaryl/α,β-unsaturated/α-hetero) is 1. The predicted molar refractivity (Wildman–Crippen MR) is 111 cm³/mol. The molecule has 0 spiro atoms. The van der Waals surface area contributed by atoms with Gasteiger partial charge in [-0.15, -0.1) is 0 Å². The van der Waals surface area contributed by atoms with Gasteiger partial charge in [-0.3, -0.25) is 9.89 Å². The molecule has 4 heterocycles. The Labute approximate surface area is 176 Å². The number of benzene rings is 1. The maximum absolute atomic E-state index is 12.8. The van der Waals surface area contributed by atoms with E-state index in [9.17, 15) is 4.79 Å². The second-order valence-electron chi connectivity index (χ2n) is 7.61. The molecule has 0 bridgehead atoms. The molecule has 1 unspecified atom stereocenters. The predicted octanol–water partition coefficient (Wildman–Crippen LogP) is 4.24. The number of allylic oxidation sites excluding steroid dienone is 2. The van der Waals surface area contributed by atoms with Crippen LogP contribution in [0, 0.1) is 0 Å². The first-order valence-electron chi connectivity index (χ1n) is 10.1. The Hall–Kier alpha value is -4.01. The Balaban J connectivity index is 1.34. The monoisotopic (exact) mass is 417 g/mol. The number of furan rings is 1. The molecule has 156 valence electrons. The number of aromatic amines is 2. The van der Waals surface area contributed by atoms with Gasteiger partial charge in [-0.2, -0.15) is 10.1 Å². The SMILES string of the molecule is COc1ccc2nc(Oc3ccc(C4C5=C(CCCC5=O)Nc5[nH]ncc54)o3)[nH]c2c1. The number of aromatic nitrogens is 4. The van der Waals surface area contributed by atoms with Crippen molar-refractivity contribution in [1.82, 2.24) is 20.2 Å². The maximum atomic E-state index is 12.8. The van der Waals surface area contributed by atoms with Gasteiger partial charge < -0.3 is 24.2 Å². The first-order valence-corrected chi connectivity index (χ1v) is 10.1. The summed E-state index contributed by atoms with van der Waals surface area (Å²) >= 11 is 0. The molecular weight excluding hydrogens is 398 g/mol. The standard InChI is InChI=1S/C22H19N5O4/c1-29-11-5-6-13-15(9-11)26-22(25-13)31-18-8-7-17(30-18)19-12-10-23-27-21(12)24-14-3-2-4-16(28)20(14)19/h5-10,19H,2-4H2,1H3,(H,25,26)(H2,23,24,27). The molecule has 31 heavy (non-hydrogen) atoms. The van der Waals surface area contributed by atoms with E-state index in [0.29, 0.717) is 18.2 Å². The third-order valence-corrected chi connectivity index (χ3v) is 5.75. The van der Waals surface area contributed by atoms with Crippen molar-refractivity contribution in [2.75, 3.05) is 12.4 Å². The number of H-pyrrole nitrogens is 2. The lowest BCUT2D eigenvalue weighted by Crippen LogP contribution is -2.26.